The van der Waals surface area contributed by atoms with Crippen LogP contribution in [0, 0.1) is 0 Å². The highest BCUT2D eigenvalue weighted by molar-refractivity contribution is 6.60. The van der Waals surface area contributed by atoms with Crippen molar-refractivity contribution in [3.05, 3.63) is 17.7 Å². The summed E-state index contributed by atoms with van der Waals surface area (Å²) in [6.45, 7) is 1.17. The Balaban J connectivity index is 1.87. The fourth-order valence-electron chi connectivity index (χ4n) is 2.86. The highest BCUT2D eigenvalue weighted by atomic mass is 16.7. The maximum absolute atomic E-state index is 9.60. The van der Waals surface area contributed by atoms with Crippen LogP contribution in [0.5, 0.6) is 11.5 Å². The number of hydrogen-bond acceptors (Lipinski definition) is 5. The van der Waals surface area contributed by atoms with E-state index in [9.17, 15) is 10.0 Å². The second-order valence-electron chi connectivity index (χ2n) is 5.10. The summed E-state index contributed by atoms with van der Waals surface area (Å²) < 4.78 is 10.6. The van der Waals surface area contributed by atoms with Gasteiger partial charge in [0.1, 0.15) is 0 Å². The molecule has 0 spiro atoms. The summed E-state index contributed by atoms with van der Waals surface area (Å²) in [6, 6.07) is 4.14. The Kier molecular flexibility index (Phi) is 3.64. The fraction of sp³-hybridized carbons (Fsp3) is 0.538. The molecule has 1 saturated heterocycles. The Morgan fingerprint density at radius 1 is 1.26 bits per heavy atom. The molecule has 0 saturated carbocycles. The fourth-order valence-corrected chi connectivity index (χ4v) is 2.86. The lowest BCUT2D eigenvalue weighted by Crippen LogP contribution is -2.40. The van der Waals surface area contributed by atoms with E-state index in [0.717, 1.165) is 24.9 Å². The minimum absolute atomic E-state index is 0.139. The molecule has 1 unspecified atom stereocenters. The predicted octanol–water partition coefficient (Wildman–Crippen LogP) is -0.220. The average Bonchev–Trinajstić information content (AvgIpc) is 2.87. The topological polar surface area (TPSA) is 71.0 Å². The number of hydrogen-bond donors (Lipinski definition) is 3. The first-order valence-corrected chi connectivity index (χ1v) is 6.76. The lowest BCUT2D eigenvalue weighted by molar-refractivity contribution is 0.174. The molecule has 19 heavy (non-hydrogen) atoms. The molecule has 1 aromatic carbocycles. The highest BCUT2D eigenvalue weighted by Gasteiger charge is 2.29. The Bertz CT molecular complexity index is 460. The van der Waals surface area contributed by atoms with E-state index in [1.54, 1.807) is 0 Å². The van der Waals surface area contributed by atoms with Gasteiger partial charge in [-0.3, -0.25) is 0 Å². The zero-order chi connectivity index (χ0) is 13.2. The summed E-state index contributed by atoms with van der Waals surface area (Å²) in [7, 11) is -1.53. The van der Waals surface area contributed by atoms with E-state index in [0.29, 0.717) is 23.0 Å². The third-order valence-corrected chi connectivity index (χ3v) is 3.80. The minimum atomic E-state index is -1.53. The van der Waals surface area contributed by atoms with Crippen LogP contribution in [-0.2, 0) is 6.42 Å². The molecular formula is C13H18BNO4. The van der Waals surface area contributed by atoms with Gasteiger partial charge in [0.05, 0.1) is 0 Å². The van der Waals surface area contributed by atoms with E-state index in [2.05, 4.69) is 5.32 Å². The van der Waals surface area contributed by atoms with Crippen LogP contribution in [0.1, 0.15) is 24.8 Å². The van der Waals surface area contributed by atoms with Gasteiger partial charge in [0.25, 0.3) is 0 Å². The molecule has 0 amide bonds. The van der Waals surface area contributed by atoms with Crippen molar-refractivity contribution in [3.8, 4) is 11.5 Å². The zero-order valence-corrected chi connectivity index (χ0v) is 10.8. The molecule has 6 heteroatoms. The van der Waals surface area contributed by atoms with Crippen molar-refractivity contribution < 1.29 is 19.5 Å². The smallest absolute Gasteiger partial charge is 0.454 e. The van der Waals surface area contributed by atoms with Crippen LogP contribution in [0.25, 0.3) is 0 Å². The molecule has 5 nitrogen and oxygen atoms in total. The second-order valence-corrected chi connectivity index (χ2v) is 5.10. The summed E-state index contributed by atoms with van der Waals surface area (Å²) >= 11 is 0. The van der Waals surface area contributed by atoms with Crippen LogP contribution in [0.15, 0.2) is 12.1 Å². The summed E-state index contributed by atoms with van der Waals surface area (Å²) in [4.78, 5) is 0. The Morgan fingerprint density at radius 3 is 2.89 bits per heavy atom. The van der Waals surface area contributed by atoms with Crippen molar-refractivity contribution in [2.75, 3.05) is 13.3 Å². The van der Waals surface area contributed by atoms with Crippen LogP contribution in [0.3, 0.4) is 0 Å². The van der Waals surface area contributed by atoms with E-state index in [-0.39, 0.29) is 6.79 Å². The van der Waals surface area contributed by atoms with Crippen LogP contribution >= 0.6 is 0 Å². The molecule has 2 aliphatic heterocycles. The third-order valence-electron chi connectivity index (χ3n) is 3.80. The van der Waals surface area contributed by atoms with E-state index in [1.165, 1.54) is 12.8 Å². The quantitative estimate of drug-likeness (QED) is 0.658. The van der Waals surface area contributed by atoms with Gasteiger partial charge in [0.15, 0.2) is 11.5 Å². The summed E-state index contributed by atoms with van der Waals surface area (Å²) in [5, 5.41) is 22.7. The first-order valence-electron chi connectivity index (χ1n) is 6.76. The van der Waals surface area contributed by atoms with E-state index < -0.39 is 7.12 Å². The molecule has 2 aliphatic rings. The summed E-state index contributed by atoms with van der Waals surface area (Å²) in [5.41, 5.74) is 1.36. The number of piperidine rings is 1. The van der Waals surface area contributed by atoms with Gasteiger partial charge in [-0.1, -0.05) is 12.5 Å². The molecule has 3 rings (SSSR count). The number of rotatable bonds is 3. The standard InChI is InChI=1S/C13H18BNO4/c16-14(17)12-9(7-10-3-1-2-6-15-10)4-5-11-13(12)19-8-18-11/h4-5,10,15-17H,1-3,6-8H2. The van der Waals surface area contributed by atoms with Gasteiger partial charge in [-0.2, -0.15) is 0 Å². The van der Waals surface area contributed by atoms with Crippen molar-refractivity contribution in [2.45, 2.75) is 31.7 Å². The zero-order valence-electron chi connectivity index (χ0n) is 10.8. The summed E-state index contributed by atoms with van der Waals surface area (Å²) in [6.07, 6.45) is 4.34. The van der Waals surface area contributed by atoms with Gasteiger partial charge in [0.2, 0.25) is 6.79 Å². The Hall–Kier alpha value is -1.24. The van der Waals surface area contributed by atoms with Crippen molar-refractivity contribution in [1.29, 1.82) is 0 Å². The number of fused-ring (bicyclic) bond motifs is 1. The van der Waals surface area contributed by atoms with Crippen LogP contribution < -0.4 is 20.3 Å². The molecule has 2 heterocycles. The monoisotopic (exact) mass is 263 g/mol. The maximum atomic E-state index is 9.60. The second kappa shape index (κ2) is 5.40. The minimum Gasteiger partial charge on any atom is -0.454 e. The van der Waals surface area contributed by atoms with Gasteiger partial charge in [0, 0.05) is 11.5 Å². The maximum Gasteiger partial charge on any atom is 0.492 e. The predicted molar refractivity (Wildman–Crippen MR) is 71.7 cm³/mol. The summed E-state index contributed by atoms with van der Waals surface area (Å²) in [5.74, 6) is 1.06. The normalized spacial score (nSPS) is 21.5. The molecular weight excluding hydrogens is 245 g/mol. The van der Waals surface area contributed by atoms with Crippen LogP contribution in [0.2, 0.25) is 0 Å². The highest BCUT2D eigenvalue weighted by Crippen LogP contribution is 2.31. The van der Waals surface area contributed by atoms with E-state index in [4.69, 9.17) is 9.47 Å². The van der Waals surface area contributed by atoms with E-state index >= 15 is 0 Å². The van der Waals surface area contributed by atoms with Gasteiger partial charge < -0.3 is 24.8 Å². The molecule has 102 valence electrons. The lowest BCUT2D eigenvalue weighted by atomic mass is 9.74. The largest absolute Gasteiger partial charge is 0.492 e. The molecule has 1 atom stereocenters. The van der Waals surface area contributed by atoms with E-state index in [1.807, 2.05) is 12.1 Å². The Labute approximate surface area is 112 Å². The molecule has 1 fully saturated rings. The molecule has 0 aromatic heterocycles. The molecule has 0 radical (unpaired) electrons. The van der Waals surface area contributed by atoms with Gasteiger partial charge in [-0.25, -0.2) is 0 Å². The lowest BCUT2D eigenvalue weighted by Gasteiger charge is -2.24. The molecule has 0 aliphatic carbocycles. The molecule has 3 N–H and O–H groups in total. The van der Waals surface area contributed by atoms with Crippen molar-refractivity contribution in [3.63, 3.8) is 0 Å². The SMILES string of the molecule is OB(O)c1c(CC2CCCCN2)ccc2c1OCO2. The number of ether oxygens (including phenoxy) is 2. The van der Waals surface area contributed by atoms with Crippen LogP contribution in [-0.4, -0.2) is 36.5 Å². The molecule has 1 aromatic rings. The van der Waals surface area contributed by atoms with Crippen molar-refractivity contribution >= 4 is 12.6 Å². The van der Waals surface area contributed by atoms with Gasteiger partial charge >= 0.3 is 7.12 Å². The average molecular weight is 263 g/mol. The molecule has 0 bridgehead atoms. The number of nitrogens with one attached hydrogen (secondary N) is 1. The van der Waals surface area contributed by atoms with Crippen molar-refractivity contribution in [2.24, 2.45) is 0 Å². The Morgan fingerprint density at radius 2 is 2.16 bits per heavy atom. The number of benzene rings is 1. The van der Waals surface area contributed by atoms with Gasteiger partial charge in [-0.05, 0) is 37.4 Å². The third kappa shape index (κ3) is 2.56. The van der Waals surface area contributed by atoms with Crippen LogP contribution in [0.4, 0.5) is 0 Å². The van der Waals surface area contributed by atoms with Crippen molar-refractivity contribution in [1.82, 2.24) is 5.32 Å². The first-order chi connectivity index (χ1) is 9.25. The van der Waals surface area contributed by atoms with Gasteiger partial charge in [-0.15, -0.1) is 0 Å². The first kappa shape index (κ1) is 12.8.